The number of hydrogen-bond acceptors (Lipinski definition) is 2. The molecule has 0 unspecified atom stereocenters. The van der Waals surface area contributed by atoms with Crippen LogP contribution < -0.4 is 4.90 Å². The normalized spacial score (nSPS) is 13.3. The molecule has 0 atom stereocenters. The van der Waals surface area contributed by atoms with E-state index in [1.54, 1.807) is 0 Å². The molecule has 0 N–H and O–H groups in total. The highest BCUT2D eigenvalue weighted by Crippen LogP contribution is 2.55. The van der Waals surface area contributed by atoms with Gasteiger partial charge in [-0.1, -0.05) is 135 Å². The Kier molecular flexibility index (Phi) is 5.58. The van der Waals surface area contributed by atoms with Crippen LogP contribution in [-0.4, -0.2) is 0 Å². The van der Waals surface area contributed by atoms with E-state index in [1.165, 1.54) is 38.8 Å². The molecule has 214 valence electrons. The minimum atomic E-state index is -0.102. The standard InChI is InChI=1S/C43H31NO/c1-43(2)36-18-9-8-16-35(36)40-37(43)19-11-20-38(40)44(31-25-22-29(23-26-31)28-12-4-3-5-13-28)39-21-10-17-33-34-27-24-30-14-6-7-15-32(30)41(34)45-42(33)39/h3-27H,1-2H3. The van der Waals surface area contributed by atoms with E-state index in [4.69, 9.17) is 4.42 Å². The van der Waals surface area contributed by atoms with Crippen molar-refractivity contribution in [2.45, 2.75) is 19.3 Å². The summed E-state index contributed by atoms with van der Waals surface area (Å²) in [5, 5.41) is 4.56. The average Bonchev–Trinajstić information content (AvgIpc) is 3.59. The van der Waals surface area contributed by atoms with Crippen LogP contribution in [0.3, 0.4) is 0 Å². The lowest BCUT2D eigenvalue weighted by molar-refractivity contribution is 0.660. The third-order valence-corrected chi connectivity index (χ3v) is 9.67. The molecule has 9 rings (SSSR count). The summed E-state index contributed by atoms with van der Waals surface area (Å²) in [6, 6.07) is 54.6. The maximum Gasteiger partial charge on any atom is 0.159 e. The lowest BCUT2D eigenvalue weighted by Gasteiger charge is -2.29. The predicted octanol–water partition coefficient (Wildman–Crippen LogP) is 12.2. The summed E-state index contributed by atoms with van der Waals surface area (Å²) in [5.41, 5.74) is 12.7. The lowest BCUT2D eigenvalue weighted by Crippen LogP contribution is -2.16. The number of fused-ring (bicyclic) bond motifs is 8. The van der Waals surface area contributed by atoms with Crippen molar-refractivity contribution in [1.29, 1.82) is 0 Å². The molecule has 0 aliphatic heterocycles. The van der Waals surface area contributed by atoms with Crippen LogP contribution in [0.4, 0.5) is 17.1 Å². The zero-order valence-corrected chi connectivity index (χ0v) is 25.3. The van der Waals surface area contributed by atoms with Crippen LogP contribution in [0.1, 0.15) is 25.0 Å². The van der Waals surface area contributed by atoms with Crippen LogP contribution in [-0.2, 0) is 5.41 Å². The van der Waals surface area contributed by atoms with Gasteiger partial charge in [0.2, 0.25) is 0 Å². The van der Waals surface area contributed by atoms with Gasteiger partial charge in [-0.3, -0.25) is 0 Å². The quantitative estimate of drug-likeness (QED) is 0.207. The molecule has 2 nitrogen and oxygen atoms in total. The Morgan fingerprint density at radius 2 is 1.11 bits per heavy atom. The van der Waals surface area contributed by atoms with Gasteiger partial charge < -0.3 is 9.32 Å². The lowest BCUT2D eigenvalue weighted by atomic mass is 9.82. The fraction of sp³-hybridized carbons (Fsp3) is 0.0698. The van der Waals surface area contributed by atoms with Gasteiger partial charge in [0.1, 0.15) is 5.58 Å². The van der Waals surface area contributed by atoms with E-state index < -0.39 is 0 Å². The molecule has 0 fully saturated rings. The first-order valence-electron chi connectivity index (χ1n) is 15.6. The number of benzene rings is 7. The number of furan rings is 1. The van der Waals surface area contributed by atoms with Crippen LogP contribution in [0.25, 0.3) is 55.0 Å². The Balaban J connectivity index is 1.33. The molecule has 7 aromatic carbocycles. The molecule has 0 saturated carbocycles. The molecule has 1 aliphatic carbocycles. The van der Waals surface area contributed by atoms with Gasteiger partial charge in [0.15, 0.2) is 5.58 Å². The SMILES string of the molecule is CC1(C)c2ccccc2-c2c(N(c3ccc(-c4ccccc4)cc3)c3cccc4c3oc3c5ccccc5ccc43)cccc21. The molecule has 2 heteroatoms. The zero-order chi connectivity index (χ0) is 30.1. The number of rotatable bonds is 4. The van der Waals surface area contributed by atoms with Crippen molar-refractivity contribution < 1.29 is 4.42 Å². The second-order valence-corrected chi connectivity index (χ2v) is 12.5. The van der Waals surface area contributed by atoms with Gasteiger partial charge in [0.25, 0.3) is 0 Å². The van der Waals surface area contributed by atoms with Crippen molar-refractivity contribution in [1.82, 2.24) is 0 Å². The summed E-state index contributed by atoms with van der Waals surface area (Å²) in [7, 11) is 0. The summed E-state index contributed by atoms with van der Waals surface area (Å²) in [5.74, 6) is 0. The number of para-hydroxylation sites is 1. The third-order valence-electron chi connectivity index (χ3n) is 9.67. The Morgan fingerprint density at radius 3 is 1.98 bits per heavy atom. The monoisotopic (exact) mass is 577 g/mol. The van der Waals surface area contributed by atoms with E-state index in [1.807, 2.05) is 0 Å². The van der Waals surface area contributed by atoms with E-state index in [2.05, 4.69) is 170 Å². The molecule has 1 heterocycles. The molecule has 0 amide bonds. The number of hydrogen-bond donors (Lipinski definition) is 0. The minimum Gasteiger partial charge on any atom is -0.453 e. The van der Waals surface area contributed by atoms with Crippen LogP contribution >= 0.6 is 0 Å². The first-order chi connectivity index (χ1) is 22.1. The van der Waals surface area contributed by atoms with E-state index in [-0.39, 0.29) is 5.41 Å². The maximum atomic E-state index is 6.90. The fourth-order valence-electron chi connectivity index (χ4n) is 7.45. The third kappa shape index (κ3) is 3.82. The Bertz CT molecular complexity index is 2400. The Labute approximate surface area is 262 Å². The molecule has 0 spiro atoms. The van der Waals surface area contributed by atoms with Crippen molar-refractivity contribution in [3.63, 3.8) is 0 Å². The van der Waals surface area contributed by atoms with Crippen LogP contribution in [0.15, 0.2) is 156 Å². The molecule has 45 heavy (non-hydrogen) atoms. The van der Waals surface area contributed by atoms with Crippen molar-refractivity contribution in [2.24, 2.45) is 0 Å². The number of nitrogens with zero attached hydrogens (tertiary/aromatic N) is 1. The van der Waals surface area contributed by atoms with E-state index in [9.17, 15) is 0 Å². The van der Waals surface area contributed by atoms with Crippen LogP contribution in [0, 0.1) is 0 Å². The molecule has 8 aromatic rings. The molecule has 0 saturated heterocycles. The topological polar surface area (TPSA) is 16.4 Å². The van der Waals surface area contributed by atoms with Crippen molar-refractivity contribution in [3.05, 3.63) is 163 Å². The predicted molar refractivity (Wildman–Crippen MR) is 189 cm³/mol. The van der Waals surface area contributed by atoms with Crippen LogP contribution in [0.2, 0.25) is 0 Å². The second kappa shape index (κ2) is 9.70. The Morgan fingerprint density at radius 1 is 0.467 bits per heavy atom. The molecular formula is C43H31NO. The first-order valence-corrected chi connectivity index (χ1v) is 15.6. The maximum absolute atomic E-state index is 6.90. The second-order valence-electron chi connectivity index (χ2n) is 12.5. The van der Waals surface area contributed by atoms with E-state index >= 15 is 0 Å². The van der Waals surface area contributed by atoms with Gasteiger partial charge in [0, 0.05) is 32.8 Å². The van der Waals surface area contributed by atoms with Gasteiger partial charge in [-0.25, -0.2) is 0 Å². The summed E-state index contributed by atoms with van der Waals surface area (Å²) in [6.45, 7) is 4.68. The smallest absolute Gasteiger partial charge is 0.159 e. The van der Waals surface area contributed by atoms with E-state index in [0.717, 1.165) is 44.4 Å². The summed E-state index contributed by atoms with van der Waals surface area (Å²) >= 11 is 0. The van der Waals surface area contributed by atoms with E-state index in [0.29, 0.717) is 0 Å². The summed E-state index contributed by atoms with van der Waals surface area (Å²) in [6.07, 6.45) is 0. The highest BCUT2D eigenvalue weighted by Gasteiger charge is 2.38. The zero-order valence-electron chi connectivity index (χ0n) is 25.3. The van der Waals surface area contributed by atoms with Crippen molar-refractivity contribution in [2.75, 3.05) is 4.90 Å². The summed E-state index contributed by atoms with van der Waals surface area (Å²) in [4.78, 5) is 2.40. The molecule has 0 bridgehead atoms. The van der Waals surface area contributed by atoms with Crippen molar-refractivity contribution in [3.8, 4) is 22.3 Å². The highest BCUT2D eigenvalue weighted by molar-refractivity contribution is 6.17. The minimum absolute atomic E-state index is 0.102. The largest absolute Gasteiger partial charge is 0.453 e. The molecule has 1 aromatic heterocycles. The average molecular weight is 578 g/mol. The van der Waals surface area contributed by atoms with Crippen molar-refractivity contribution >= 4 is 49.8 Å². The van der Waals surface area contributed by atoms with Gasteiger partial charge in [0.05, 0.1) is 11.4 Å². The molecule has 0 radical (unpaired) electrons. The van der Waals surface area contributed by atoms with Crippen LogP contribution in [0.5, 0.6) is 0 Å². The fourth-order valence-corrected chi connectivity index (χ4v) is 7.45. The van der Waals surface area contributed by atoms with Gasteiger partial charge in [-0.05, 0) is 63.5 Å². The molecule has 1 aliphatic rings. The van der Waals surface area contributed by atoms with Gasteiger partial charge in [-0.15, -0.1) is 0 Å². The summed E-state index contributed by atoms with van der Waals surface area (Å²) < 4.78 is 6.90. The Hall–Kier alpha value is -5.60. The first kappa shape index (κ1) is 25.9. The highest BCUT2D eigenvalue weighted by atomic mass is 16.3. The van der Waals surface area contributed by atoms with Gasteiger partial charge in [-0.2, -0.15) is 0 Å². The van der Waals surface area contributed by atoms with Gasteiger partial charge >= 0.3 is 0 Å². The number of anilines is 3. The molecular weight excluding hydrogens is 546 g/mol.